The fourth-order valence-corrected chi connectivity index (χ4v) is 5.02. The Kier molecular flexibility index (Phi) is 7.95. The van der Waals surface area contributed by atoms with E-state index in [0.717, 1.165) is 28.9 Å². The van der Waals surface area contributed by atoms with Gasteiger partial charge in [-0.1, -0.05) is 73.5 Å². The van der Waals surface area contributed by atoms with E-state index in [0.29, 0.717) is 32.4 Å². The molecule has 7 nitrogen and oxygen atoms in total. The van der Waals surface area contributed by atoms with Crippen LogP contribution in [0.15, 0.2) is 60.7 Å². The lowest BCUT2D eigenvalue weighted by atomic mass is 9.81. The molecular formula is C28H32N2O5. The van der Waals surface area contributed by atoms with Gasteiger partial charge in [-0.3, -0.25) is 19.3 Å². The van der Waals surface area contributed by atoms with Gasteiger partial charge in [0.2, 0.25) is 11.8 Å². The molecule has 3 amide bonds. The molecule has 2 aromatic carbocycles. The number of nitrogens with zero attached hydrogens (tertiary/aromatic N) is 2. The van der Waals surface area contributed by atoms with E-state index < -0.39 is 18.6 Å². The first kappa shape index (κ1) is 24.6. The van der Waals surface area contributed by atoms with Gasteiger partial charge in [0.1, 0.15) is 6.04 Å². The third-order valence-corrected chi connectivity index (χ3v) is 7.02. The zero-order valence-electron chi connectivity index (χ0n) is 20.1. The average Bonchev–Trinajstić information content (AvgIpc) is 3.15. The van der Waals surface area contributed by atoms with Crippen molar-refractivity contribution in [2.45, 2.75) is 51.6 Å². The Morgan fingerprint density at radius 2 is 1.46 bits per heavy atom. The van der Waals surface area contributed by atoms with Gasteiger partial charge in [-0.25, -0.2) is 4.79 Å². The predicted molar refractivity (Wildman–Crippen MR) is 130 cm³/mol. The number of hydrogen-bond donors (Lipinski definition) is 0. The van der Waals surface area contributed by atoms with Gasteiger partial charge in [-0.05, 0) is 37.3 Å². The Morgan fingerprint density at radius 3 is 2.03 bits per heavy atom. The van der Waals surface area contributed by atoms with Crippen LogP contribution in [0.3, 0.4) is 0 Å². The lowest BCUT2D eigenvalue weighted by molar-refractivity contribution is -0.161. The second kappa shape index (κ2) is 11.3. The minimum atomic E-state index is -1.04. The number of carbonyl (C=O) groups is 4. The smallest absolute Gasteiger partial charge is 0.329 e. The number of carbonyl (C=O) groups excluding carboxylic acids is 4. The number of benzene rings is 2. The van der Waals surface area contributed by atoms with Crippen molar-refractivity contribution in [1.29, 1.82) is 0 Å². The molecule has 0 radical (unpaired) electrons. The van der Waals surface area contributed by atoms with Gasteiger partial charge in [0, 0.05) is 13.1 Å². The number of fused-ring (bicyclic) bond motifs is 1. The highest BCUT2D eigenvalue weighted by Crippen LogP contribution is 2.38. The number of esters is 1. The van der Waals surface area contributed by atoms with Gasteiger partial charge < -0.3 is 9.64 Å². The van der Waals surface area contributed by atoms with Crippen molar-refractivity contribution in [2.24, 2.45) is 11.8 Å². The summed E-state index contributed by atoms with van der Waals surface area (Å²) < 4.78 is 5.32. The molecule has 1 aliphatic heterocycles. The van der Waals surface area contributed by atoms with Gasteiger partial charge >= 0.3 is 5.97 Å². The SMILES string of the molecule is CC(C(=O)OCC(=O)N(CCc1ccccc1)Cc1ccccc1)N1C(=O)C2CCCCC2C1=O. The van der Waals surface area contributed by atoms with Crippen molar-refractivity contribution >= 4 is 23.7 Å². The van der Waals surface area contributed by atoms with Crippen LogP contribution in [0.1, 0.15) is 43.7 Å². The van der Waals surface area contributed by atoms with Gasteiger partial charge in [0.25, 0.3) is 5.91 Å². The van der Waals surface area contributed by atoms with E-state index >= 15 is 0 Å². The van der Waals surface area contributed by atoms with Crippen molar-refractivity contribution < 1.29 is 23.9 Å². The maximum atomic E-state index is 13.1. The molecule has 0 N–H and O–H groups in total. The lowest BCUT2D eigenvalue weighted by Crippen LogP contribution is -2.45. The maximum absolute atomic E-state index is 13.1. The summed E-state index contributed by atoms with van der Waals surface area (Å²) in [7, 11) is 0. The summed E-state index contributed by atoms with van der Waals surface area (Å²) >= 11 is 0. The zero-order chi connectivity index (χ0) is 24.8. The Balaban J connectivity index is 1.37. The maximum Gasteiger partial charge on any atom is 0.329 e. The third-order valence-electron chi connectivity index (χ3n) is 7.02. The van der Waals surface area contributed by atoms with Crippen LogP contribution in [-0.2, 0) is 36.9 Å². The highest BCUT2D eigenvalue weighted by atomic mass is 16.5. The molecule has 2 aliphatic rings. The molecule has 0 aromatic heterocycles. The lowest BCUT2D eigenvalue weighted by Gasteiger charge is -2.25. The van der Waals surface area contributed by atoms with Gasteiger partial charge in [0.15, 0.2) is 6.61 Å². The summed E-state index contributed by atoms with van der Waals surface area (Å²) in [6.45, 7) is 1.92. The van der Waals surface area contributed by atoms with E-state index in [4.69, 9.17) is 4.74 Å². The number of amides is 3. The van der Waals surface area contributed by atoms with Crippen molar-refractivity contribution in [2.75, 3.05) is 13.2 Å². The molecule has 184 valence electrons. The van der Waals surface area contributed by atoms with Crippen LogP contribution in [0.5, 0.6) is 0 Å². The number of imide groups is 1. The van der Waals surface area contributed by atoms with Gasteiger partial charge in [0.05, 0.1) is 11.8 Å². The van der Waals surface area contributed by atoms with E-state index in [1.54, 1.807) is 4.90 Å². The second-order valence-electron chi connectivity index (χ2n) is 9.36. The molecule has 1 saturated carbocycles. The van der Waals surface area contributed by atoms with E-state index in [1.807, 2.05) is 60.7 Å². The monoisotopic (exact) mass is 476 g/mol. The highest BCUT2D eigenvalue weighted by Gasteiger charge is 2.51. The molecule has 1 aliphatic carbocycles. The Labute approximate surface area is 206 Å². The standard InChI is InChI=1S/C28H32N2O5/c1-20(30-26(32)23-14-8-9-15-24(23)27(30)33)28(34)35-19-25(31)29(18-22-12-6-3-7-13-22)17-16-21-10-4-2-5-11-21/h2-7,10-13,20,23-24H,8-9,14-19H2,1H3. The number of hydrogen-bond acceptors (Lipinski definition) is 5. The molecule has 0 bridgehead atoms. The fraction of sp³-hybridized carbons (Fsp3) is 0.429. The van der Waals surface area contributed by atoms with Crippen molar-refractivity contribution in [3.8, 4) is 0 Å². The van der Waals surface area contributed by atoms with Crippen LogP contribution < -0.4 is 0 Å². The molecule has 1 saturated heterocycles. The molecular weight excluding hydrogens is 444 g/mol. The van der Waals surface area contributed by atoms with Crippen LogP contribution in [0.2, 0.25) is 0 Å². The Morgan fingerprint density at radius 1 is 0.914 bits per heavy atom. The molecule has 1 heterocycles. The summed E-state index contributed by atoms with van der Waals surface area (Å²) in [6.07, 6.45) is 3.87. The predicted octanol–water partition coefficient (Wildman–Crippen LogP) is 3.36. The number of rotatable bonds is 9. The van der Waals surface area contributed by atoms with Crippen molar-refractivity contribution in [3.63, 3.8) is 0 Å². The quantitative estimate of drug-likeness (QED) is 0.409. The van der Waals surface area contributed by atoms with Gasteiger partial charge in [-0.15, -0.1) is 0 Å². The molecule has 35 heavy (non-hydrogen) atoms. The average molecular weight is 477 g/mol. The van der Waals surface area contributed by atoms with E-state index in [2.05, 4.69) is 0 Å². The van der Waals surface area contributed by atoms with Crippen LogP contribution >= 0.6 is 0 Å². The van der Waals surface area contributed by atoms with Crippen molar-refractivity contribution in [1.82, 2.24) is 9.80 Å². The second-order valence-corrected chi connectivity index (χ2v) is 9.36. The molecule has 7 heteroatoms. The Bertz CT molecular complexity index is 1030. The number of ether oxygens (including phenoxy) is 1. The molecule has 2 aromatic rings. The summed E-state index contributed by atoms with van der Waals surface area (Å²) in [6, 6.07) is 18.5. The largest absolute Gasteiger partial charge is 0.454 e. The topological polar surface area (TPSA) is 84.0 Å². The van der Waals surface area contributed by atoms with E-state index in [-0.39, 0.29) is 29.6 Å². The molecule has 3 unspecified atom stereocenters. The molecule has 2 fully saturated rings. The normalized spacial score (nSPS) is 20.3. The van der Waals surface area contributed by atoms with Crippen LogP contribution in [0.4, 0.5) is 0 Å². The summed E-state index contributed by atoms with van der Waals surface area (Å²) in [5.41, 5.74) is 2.08. The van der Waals surface area contributed by atoms with E-state index in [9.17, 15) is 19.2 Å². The van der Waals surface area contributed by atoms with Crippen LogP contribution in [-0.4, -0.2) is 52.7 Å². The number of likely N-dealkylation sites (tertiary alicyclic amines) is 1. The zero-order valence-corrected chi connectivity index (χ0v) is 20.1. The molecule has 4 rings (SSSR count). The molecule has 3 atom stereocenters. The first-order valence-electron chi connectivity index (χ1n) is 12.3. The van der Waals surface area contributed by atoms with Gasteiger partial charge in [-0.2, -0.15) is 0 Å². The Hall–Kier alpha value is -3.48. The highest BCUT2D eigenvalue weighted by molar-refractivity contribution is 6.07. The van der Waals surface area contributed by atoms with Crippen LogP contribution in [0.25, 0.3) is 0 Å². The minimum Gasteiger partial charge on any atom is -0.454 e. The minimum absolute atomic E-state index is 0.288. The van der Waals surface area contributed by atoms with Crippen molar-refractivity contribution in [3.05, 3.63) is 71.8 Å². The van der Waals surface area contributed by atoms with E-state index in [1.165, 1.54) is 6.92 Å². The first-order chi connectivity index (χ1) is 17.0. The summed E-state index contributed by atoms with van der Waals surface area (Å²) in [5.74, 6) is -2.28. The fourth-order valence-electron chi connectivity index (χ4n) is 5.02. The summed E-state index contributed by atoms with van der Waals surface area (Å²) in [4.78, 5) is 54.1. The molecule has 0 spiro atoms. The first-order valence-corrected chi connectivity index (χ1v) is 12.3. The van der Waals surface area contributed by atoms with Crippen LogP contribution in [0, 0.1) is 11.8 Å². The third kappa shape index (κ3) is 5.78. The summed E-state index contributed by atoms with van der Waals surface area (Å²) in [5, 5.41) is 0.